The first-order valence-electron chi connectivity index (χ1n) is 7.01. The molecule has 0 aliphatic carbocycles. The van der Waals surface area contributed by atoms with Crippen LogP contribution in [0.15, 0.2) is 23.1 Å². The van der Waals surface area contributed by atoms with E-state index in [4.69, 9.17) is 0 Å². The number of nitrogens with zero attached hydrogens (tertiary/aromatic N) is 2. The van der Waals surface area contributed by atoms with Crippen molar-refractivity contribution < 1.29 is 4.39 Å². The van der Waals surface area contributed by atoms with Gasteiger partial charge in [0.15, 0.2) is 0 Å². The molecule has 0 unspecified atom stereocenters. The average molecular weight is 266 g/mol. The van der Waals surface area contributed by atoms with Crippen LogP contribution in [0.4, 0.5) is 4.39 Å². The molecule has 1 aromatic rings. The van der Waals surface area contributed by atoms with Crippen molar-refractivity contribution in [1.82, 2.24) is 9.47 Å². The minimum atomic E-state index is -0.967. The first-order valence-corrected chi connectivity index (χ1v) is 7.01. The number of rotatable bonds is 3. The fourth-order valence-electron chi connectivity index (χ4n) is 2.77. The minimum Gasteiger partial charge on any atom is -0.309 e. The zero-order chi connectivity index (χ0) is 14.0. The molecule has 2 rings (SSSR count). The standard InChI is InChI=1S/C15H23FN2O/c1-11(2)9-12-5-4-7-18(15(12)19)14-6-8-17(3)10-13(14)16/h4-5,7,11,13-14H,6,8-10H2,1-3H3/t13-,14+/m1/s1. The maximum absolute atomic E-state index is 14.2. The van der Waals surface area contributed by atoms with Crippen molar-refractivity contribution in [3.63, 3.8) is 0 Å². The Morgan fingerprint density at radius 2 is 2.21 bits per heavy atom. The Morgan fingerprint density at radius 3 is 2.84 bits per heavy atom. The molecule has 0 radical (unpaired) electrons. The molecule has 1 aliphatic rings. The van der Waals surface area contributed by atoms with Gasteiger partial charge in [-0.2, -0.15) is 0 Å². The zero-order valence-corrected chi connectivity index (χ0v) is 12.0. The predicted molar refractivity (Wildman–Crippen MR) is 75.3 cm³/mol. The normalized spacial score (nSPS) is 24.9. The topological polar surface area (TPSA) is 25.2 Å². The molecule has 0 N–H and O–H groups in total. The Labute approximate surface area is 114 Å². The van der Waals surface area contributed by atoms with Gasteiger partial charge in [0, 0.05) is 24.8 Å². The molecule has 0 spiro atoms. The third kappa shape index (κ3) is 3.24. The highest BCUT2D eigenvalue weighted by molar-refractivity contribution is 5.12. The number of likely N-dealkylation sites (tertiary alicyclic amines) is 1. The van der Waals surface area contributed by atoms with Gasteiger partial charge in [0.05, 0.1) is 6.04 Å². The van der Waals surface area contributed by atoms with Crippen LogP contribution in [-0.2, 0) is 6.42 Å². The number of pyridine rings is 1. The molecule has 1 aliphatic heterocycles. The second kappa shape index (κ2) is 5.87. The summed E-state index contributed by atoms with van der Waals surface area (Å²) in [5.41, 5.74) is 0.775. The summed E-state index contributed by atoms with van der Waals surface area (Å²) < 4.78 is 15.8. The van der Waals surface area contributed by atoms with Gasteiger partial charge in [-0.1, -0.05) is 19.9 Å². The van der Waals surface area contributed by atoms with Crippen molar-refractivity contribution in [2.45, 2.75) is 38.9 Å². The molecule has 0 aromatic carbocycles. The Morgan fingerprint density at radius 1 is 1.47 bits per heavy atom. The van der Waals surface area contributed by atoms with Crippen LogP contribution in [0.5, 0.6) is 0 Å². The number of halogens is 1. The summed E-state index contributed by atoms with van der Waals surface area (Å²) >= 11 is 0. The number of piperidine rings is 1. The highest BCUT2D eigenvalue weighted by Gasteiger charge is 2.29. The van der Waals surface area contributed by atoms with E-state index in [2.05, 4.69) is 13.8 Å². The van der Waals surface area contributed by atoms with E-state index < -0.39 is 6.17 Å². The molecule has 2 heterocycles. The molecule has 106 valence electrons. The van der Waals surface area contributed by atoms with Crippen LogP contribution < -0.4 is 5.56 Å². The quantitative estimate of drug-likeness (QED) is 0.838. The number of alkyl halides is 1. The summed E-state index contributed by atoms with van der Waals surface area (Å²) in [7, 11) is 1.92. The van der Waals surface area contributed by atoms with Crippen molar-refractivity contribution in [3.8, 4) is 0 Å². The third-order valence-electron chi connectivity index (χ3n) is 3.75. The monoisotopic (exact) mass is 266 g/mol. The highest BCUT2D eigenvalue weighted by Crippen LogP contribution is 2.23. The molecule has 19 heavy (non-hydrogen) atoms. The maximum Gasteiger partial charge on any atom is 0.254 e. The first-order chi connectivity index (χ1) is 8.99. The lowest BCUT2D eigenvalue weighted by Gasteiger charge is -2.33. The van der Waals surface area contributed by atoms with Crippen molar-refractivity contribution in [1.29, 1.82) is 0 Å². The number of hydrogen-bond acceptors (Lipinski definition) is 2. The summed E-state index contributed by atoms with van der Waals surface area (Å²) in [5.74, 6) is 0.433. The Balaban J connectivity index is 2.27. The van der Waals surface area contributed by atoms with E-state index in [1.54, 1.807) is 10.8 Å². The van der Waals surface area contributed by atoms with E-state index in [0.717, 1.165) is 18.5 Å². The second-order valence-corrected chi connectivity index (χ2v) is 5.98. The highest BCUT2D eigenvalue weighted by atomic mass is 19.1. The van der Waals surface area contributed by atoms with Crippen LogP contribution in [-0.4, -0.2) is 35.8 Å². The van der Waals surface area contributed by atoms with Crippen LogP contribution in [0, 0.1) is 5.92 Å². The first kappa shape index (κ1) is 14.3. The molecule has 4 heteroatoms. The number of aromatic nitrogens is 1. The van der Waals surface area contributed by atoms with E-state index in [1.165, 1.54) is 0 Å². The van der Waals surface area contributed by atoms with E-state index in [-0.39, 0.29) is 11.6 Å². The van der Waals surface area contributed by atoms with Crippen LogP contribution >= 0.6 is 0 Å². The molecule has 1 fully saturated rings. The van der Waals surface area contributed by atoms with Crippen LogP contribution in [0.3, 0.4) is 0 Å². The maximum atomic E-state index is 14.2. The summed E-state index contributed by atoms with van der Waals surface area (Å²) in [5, 5.41) is 0. The van der Waals surface area contributed by atoms with Gasteiger partial charge >= 0.3 is 0 Å². The van der Waals surface area contributed by atoms with E-state index in [0.29, 0.717) is 18.9 Å². The summed E-state index contributed by atoms with van der Waals surface area (Å²) in [6.07, 6.45) is 2.21. The van der Waals surface area contributed by atoms with Crippen molar-refractivity contribution >= 4 is 0 Å². The van der Waals surface area contributed by atoms with Gasteiger partial charge in [-0.05, 0) is 31.9 Å². The molecule has 1 aromatic heterocycles. The van der Waals surface area contributed by atoms with E-state index >= 15 is 0 Å². The van der Waals surface area contributed by atoms with Gasteiger partial charge in [-0.3, -0.25) is 4.79 Å². The second-order valence-electron chi connectivity index (χ2n) is 5.98. The van der Waals surface area contributed by atoms with Crippen molar-refractivity contribution in [2.24, 2.45) is 5.92 Å². The minimum absolute atomic E-state index is 0.0200. The van der Waals surface area contributed by atoms with E-state index in [1.807, 2.05) is 24.1 Å². The van der Waals surface area contributed by atoms with Gasteiger partial charge in [0.25, 0.3) is 5.56 Å². The molecule has 3 nitrogen and oxygen atoms in total. The zero-order valence-electron chi connectivity index (χ0n) is 12.0. The summed E-state index contributed by atoms with van der Waals surface area (Å²) in [6, 6.07) is 3.42. The lowest BCUT2D eigenvalue weighted by atomic mass is 10.0. The molecule has 0 amide bonds. The fraction of sp³-hybridized carbons (Fsp3) is 0.667. The lowest BCUT2D eigenvalue weighted by Crippen LogP contribution is -2.43. The molecule has 0 bridgehead atoms. The molecule has 0 saturated carbocycles. The van der Waals surface area contributed by atoms with Crippen LogP contribution in [0.2, 0.25) is 0 Å². The lowest BCUT2D eigenvalue weighted by molar-refractivity contribution is 0.105. The van der Waals surface area contributed by atoms with Crippen molar-refractivity contribution in [3.05, 3.63) is 34.2 Å². The molecular weight excluding hydrogens is 243 g/mol. The average Bonchev–Trinajstić information content (AvgIpc) is 2.32. The molecular formula is C15H23FN2O. The SMILES string of the molecule is CC(C)Cc1cccn([C@H]2CCN(C)C[C@H]2F)c1=O. The van der Waals surface area contributed by atoms with Gasteiger partial charge < -0.3 is 9.47 Å². The molecule has 2 atom stereocenters. The Kier molecular flexibility index (Phi) is 4.40. The van der Waals surface area contributed by atoms with Gasteiger partial charge in [-0.15, -0.1) is 0 Å². The Bertz CT molecular complexity index is 483. The predicted octanol–water partition coefficient (Wildman–Crippen LogP) is 2.26. The van der Waals surface area contributed by atoms with Gasteiger partial charge in [0.2, 0.25) is 0 Å². The van der Waals surface area contributed by atoms with Gasteiger partial charge in [0.1, 0.15) is 6.17 Å². The Hall–Kier alpha value is -1.16. The van der Waals surface area contributed by atoms with Crippen molar-refractivity contribution in [2.75, 3.05) is 20.1 Å². The molecule has 1 saturated heterocycles. The largest absolute Gasteiger partial charge is 0.309 e. The van der Waals surface area contributed by atoms with E-state index in [9.17, 15) is 9.18 Å². The number of hydrogen-bond donors (Lipinski definition) is 0. The van der Waals surface area contributed by atoms with Crippen LogP contribution in [0.25, 0.3) is 0 Å². The van der Waals surface area contributed by atoms with Gasteiger partial charge in [-0.25, -0.2) is 4.39 Å². The van der Waals surface area contributed by atoms with Crippen LogP contribution in [0.1, 0.15) is 31.9 Å². The smallest absolute Gasteiger partial charge is 0.254 e. The third-order valence-corrected chi connectivity index (χ3v) is 3.75. The summed E-state index contributed by atoms with van der Waals surface area (Å²) in [4.78, 5) is 14.4. The fourth-order valence-corrected chi connectivity index (χ4v) is 2.77. The summed E-state index contributed by atoms with van der Waals surface area (Å²) in [6.45, 7) is 5.42.